The molecule has 2 aliphatic heterocycles. The summed E-state index contributed by atoms with van der Waals surface area (Å²) in [5, 5.41) is 0. The first kappa shape index (κ1) is 15.2. The number of hydrogen-bond donors (Lipinski definition) is 0. The monoisotopic (exact) mass is 308 g/mol. The van der Waals surface area contributed by atoms with Gasteiger partial charge in [-0.05, 0) is 31.7 Å². The minimum absolute atomic E-state index is 0.0326. The third-order valence-electron chi connectivity index (χ3n) is 4.45. The standard InChI is InChI=1S/C16H21FN2O3/c1-18-6-5-15-13(10-18)19(7-8-22-15)16(20)11-3-4-14(21-2)12(17)9-11/h3-4,9,13,15H,5-8,10H2,1-2H3/t13-,15+/m1/s1. The summed E-state index contributed by atoms with van der Waals surface area (Å²) in [6.07, 6.45) is 0.999. The smallest absolute Gasteiger partial charge is 0.254 e. The lowest BCUT2D eigenvalue weighted by atomic mass is 9.98. The summed E-state index contributed by atoms with van der Waals surface area (Å²) in [5.41, 5.74) is 0.354. The van der Waals surface area contributed by atoms with Crippen molar-refractivity contribution in [3.8, 4) is 5.75 Å². The highest BCUT2D eigenvalue weighted by Crippen LogP contribution is 2.25. The number of carbonyl (C=O) groups excluding carboxylic acids is 1. The highest BCUT2D eigenvalue weighted by molar-refractivity contribution is 5.94. The quantitative estimate of drug-likeness (QED) is 0.828. The van der Waals surface area contributed by atoms with Gasteiger partial charge < -0.3 is 19.3 Å². The largest absolute Gasteiger partial charge is 0.494 e. The van der Waals surface area contributed by atoms with E-state index in [0.29, 0.717) is 18.7 Å². The molecule has 22 heavy (non-hydrogen) atoms. The Hall–Kier alpha value is -1.66. The summed E-state index contributed by atoms with van der Waals surface area (Å²) in [6, 6.07) is 4.39. The van der Waals surface area contributed by atoms with E-state index in [4.69, 9.17) is 9.47 Å². The molecule has 120 valence electrons. The van der Waals surface area contributed by atoms with Crippen molar-refractivity contribution in [2.45, 2.75) is 18.6 Å². The molecular weight excluding hydrogens is 287 g/mol. The van der Waals surface area contributed by atoms with Crippen LogP contribution in [0.5, 0.6) is 5.75 Å². The lowest BCUT2D eigenvalue weighted by Gasteiger charge is -2.46. The maximum Gasteiger partial charge on any atom is 0.254 e. The number of ether oxygens (including phenoxy) is 2. The van der Waals surface area contributed by atoms with Crippen molar-refractivity contribution < 1.29 is 18.7 Å². The third-order valence-corrected chi connectivity index (χ3v) is 4.45. The van der Waals surface area contributed by atoms with Crippen LogP contribution >= 0.6 is 0 Å². The van der Waals surface area contributed by atoms with Gasteiger partial charge in [0.1, 0.15) is 0 Å². The van der Waals surface area contributed by atoms with E-state index < -0.39 is 5.82 Å². The van der Waals surface area contributed by atoms with E-state index in [-0.39, 0.29) is 23.8 Å². The zero-order chi connectivity index (χ0) is 15.7. The number of likely N-dealkylation sites (tertiary alicyclic amines) is 1. The second-order valence-corrected chi connectivity index (χ2v) is 5.88. The highest BCUT2D eigenvalue weighted by Gasteiger charge is 2.38. The van der Waals surface area contributed by atoms with Gasteiger partial charge in [-0.1, -0.05) is 0 Å². The molecule has 2 fully saturated rings. The summed E-state index contributed by atoms with van der Waals surface area (Å²) in [4.78, 5) is 16.8. The van der Waals surface area contributed by atoms with Crippen LogP contribution in [0.25, 0.3) is 0 Å². The van der Waals surface area contributed by atoms with E-state index in [1.54, 1.807) is 6.07 Å². The lowest BCUT2D eigenvalue weighted by Crippen LogP contribution is -2.60. The minimum atomic E-state index is -0.515. The van der Waals surface area contributed by atoms with Gasteiger partial charge in [0.15, 0.2) is 11.6 Å². The molecule has 0 spiro atoms. The fourth-order valence-electron chi connectivity index (χ4n) is 3.25. The van der Waals surface area contributed by atoms with Crippen LogP contribution in [0.15, 0.2) is 18.2 Å². The fourth-order valence-corrected chi connectivity index (χ4v) is 3.25. The van der Waals surface area contributed by atoms with Crippen molar-refractivity contribution in [3.05, 3.63) is 29.6 Å². The first-order chi connectivity index (χ1) is 10.6. The molecule has 2 heterocycles. The maximum absolute atomic E-state index is 13.8. The minimum Gasteiger partial charge on any atom is -0.494 e. The summed E-state index contributed by atoms with van der Waals surface area (Å²) in [5.74, 6) is -0.511. The van der Waals surface area contributed by atoms with Crippen LogP contribution in [-0.4, -0.2) is 68.3 Å². The number of amides is 1. The van der Waals surface area contributed by atoms with Gasteiger partial charge in [-0.25, -0.2) is 4.39 Å². The van der Waals surface area contributed by atoms with Gasteiger partial charge in [-0.15, -0.1) is 0 Å². The summed E-state index contributed by atoms with van der Waals surface area (Å²) >= 11 is 0. The number of methoxy groups -OCH3 is 1. The molecule has 0 saturated carbocycles. The predicted octanol–water partition coefficient (Wildman–Crippen LogP) is 1.38. The molecule has 0 unspecified atom stereocenters. The highest BCUT2D eigenvalue weighted by atomic mass is 19.1. The van der Waals surface area contributed by atoms with E-state index in [1.807, 2.05) is 11.9 Å². The zero-order valence-electron chi connectivity index (χ0n) is 12.9. The first-order valence-electron chi connectivity index (χ1n) is 7.55. The van der Waals surface area contributed by atoms with E-state index in [2.05, 4.69) is 4.90 Å². The topological polar surface area (TPSA) is 42.0 Å². The van der Waals surface area contributed by atoms with Crippen molar-refractivity contribution in [3.63, 3.8) is 0 Å². The second kappa shape index (κ2) is 6.22. The molecule has 1 amide bonds. The van der Waals surface area contributed by atoms with Gasteiger partial charge >= 0.3 is 0 Å². The van der Waals surface area contributed by atoms with Gasteiger partial charge in [0.2, 0.25) is 0 Å². The molecule has 6 heteroatoms. The molecule has 3 rings (SSSR count). The average Bonchev–Trinajstić information content (AvgIpc) is 2.53. The summed E-state index contributed by atoms with van der Waals surface area (Å²) < 4.78 is 24.5. The number of likely N-dealkylation sites (N-methyl/N-ethyl adjacent to an activating group) is 1. The van der Waals surface area contributed by atoms with Crippen molar-refractivity contribution in [1.82, 2.24) is 9.80 Å². The van der Waals surface area contributed by atoms with Crippen molar-refractivity contribution in [2.24, 2.45) is 0 Å². The van der Waals surface area contributed by atoms with Crippen molar-refractivity contribution in [1.29, 1.82) is 0 Å². The molecule has 0 radical (unpaired) electrons. The van der Waals surface area contributed by atoms with Crippen LogP contribution in [0, 0.1) is 5.82 Å². The Morgan fingerprint density at radius 3 is 2.95 bits per heavy atom. The van der Waals surface area contributed by atoms with Crippen LogP contribution in [0.1, 0.15) is 16.8 Å². The van der Waals surface area contributed by atoms with E-state index in [1.165, 1.54) is 19.2 Å². The van der Waals surface area contributed by atoms with Crippen LogP contribution in [-0.2, 0) is 4.74 Å². The van der Waals surface area contributed by atoms with Gasteiger partial charge in [0.25, 0.3) is 5.91 Å². The van der Waals surface area contributed by atoms with Gasteiger partial charge in [0.05, 0.1) is 25.9 Å². The average molecular weight is 308 g/mol. The van der Waals surface area contributed by atoms with E-state index in [9.17, 15) is 9.18 Å². The maximum atomic E-state index is 13.8. The molecular formula is C16H21FN2O3. The molecule has 0 aliphatic carbocycles. The number of hydrogen-bond acceptors (Lipinski definition) is 4. The van der Waals surface area contributed by atoms with E-state index >= 15 is 0 Å². The zero-order valence-corrected chi connectivity index (χ0v) is 12.9. The van der Waals surface area contributed by atoms with Crippen molar-refractivity contribution in [2.75, 3.05) is 40.4 Å². The molecule has 0 aromatic heterocycles. The number of morpholine rings is 1. The SMILES string of the molecule is COc1ccc(C(=O)N2CCO[C@H]3CCN(C)C[C@H]32)cc1F. The number of carbonyl (C=O) groups is 1. The molecule has 1 aromatic rings. The number of halogens is 1. The van der Waals surface area contributed by atoms with Crippen LogP contribution in [0.4, 0.5) is 4.39 Å². The first-order valence-corrected chi connectivity index (χ1v) is 7.55. The number of benzene rings is 1. The summed E-state index contributed by atoms with van der Waals surface area (Å²) in [7, 11) is 3.45. The Morgan fingerprint density at radius 2 is 2.23 bits per heavy atom. The van der Waals surface area contributed by atoms with Gasteiger partial charge in [-0.2, -0.15) is 0 Å². The molecule has 0 bridgehead atoms. The van der Waals surface area contributed by atoms with Crippen LogP contribution in [0.3, 0.4) is 0 Å². The lowest BCUT2D eigenvalue weighted by molar-refractivity contribution is -0.0869. The molecule has 5 nitrogen and oxygen atoms in total. The van der Waals surface area contributed by atoms with Gasteiger partial charge in [0, 0.05) is 25.2 Å². The molecule has 2 aliphatic rings. The summed E-state index contributed by atoms with van der Waals surface area (Å²) in [6.45, 7) is 2.84. The Kier molecular flexibility index (Phi) is 4.31. The molecule has 0 N–H and O–H groups in total. The normalized spacial score (nSPS) is 25.7. The van der Waals surface area contributed by atoms with Crippen molar-refractivity contribution >= 4 is 5.91 Å². The number of fused-ring (bicyclic) bond motifs is 1. The third kappa shape index (κ3) is 2.80. The van der Waals surface area contributed by atoms with Crippen LogP contribution in [0.2, 0.25) is 0 Å². The Bertz CT molecular complexity index is 566. The molecule has 1 aromatic carbocycles. The molecule has 2 saturated heterocycles. The number of nitrogens with zero attached hydrogens (tertiary/aromatic N) is 2. The fraction of sp³-hybridized carbons (Fsp3) is 0.562. The van der Waals surface area contributed by atoms with Gasteiger partial charge in [-0.3, -0.25) is 4.79 Å². The number of rotatable bonds is 2. The predicted molar refractivity (Wildman–Crippen MR) is 79.6 cm³/mol. The Labute approximate surface area is 129 Å². The van der Waals surface area contributed by atoms with E-state index in [0.717, 1.165) is 19.5 Å². The molecule has 2 atom stereocenters. The number of piperidine rings is 1. The Morgan fingerprint density at radius 1 is 1.41 bits per heavy atom. The second-order valence-electron chi connectivity index (χ2n) is 5.88. The van der Waals surface area contributed by atoms with Crippen LogP contribution < -0.4 is 4.74 Å². The Balaban J connectivity index is 1.82.